The van der Waals surface area contributed by atoms with Crippen molar-refractivity contribution in [3.05, 3.63) is 175 Å². The van der Waals surface area contributed by atoms with Crippen molar-refractivity contribution >= 4 is 21.8 Å². The number of fused-ring (bicyclic) bond motifs is 3. The zero-order chi connectivity index (χ0) is 35.7. The minimum Gasteiger partial charge on any atom is -0.308 e. The van der Waals surface area contributed by atoms with Crippen LogP contribution in [0.2, 0.25) is 0 Å². The summed E-state index contributed by atoms with van der Waals surface area (Å²) in [4.78, 5) is 19.7. The molecule has 0 aliphatic carbocycles. The molecule has 0 fully saturated rings. The van der Waals surface area contributed by atoms with E-state index in [-0.39, 0.29) is 0 Å². The zero-order valence-electron chi connectivity index (χ0n) is 28.2. The number of hydrogen-bond acceptors (Lipinski definition) is 6. The molecule has 0 saturated carbocycles. The summed E-state index contributed by atoms with van der Waals surface area (Å²) in [6, 6.07) is 54.6. The monoisotopic (exact) mass is 677 g/mol. The van der Waals surface area contributed by atoms with Crippen molar-refractivity contribution in [2.24, 2.45) is 0 Å². The first kappa shape index (κ1) is 31.3. The van der Waals surface area contributed by atoms with E-state index >= 15 is 0 Å². The molecule has 9 rings (SSSR count). The molecule has 246 valence electrons. The fourth-order valence-electron chi connectivity index (χ4n) is 6.89. The molecule has 0 aliphatic heterocycles. The van der Waals surface area contributed by atoms with Crippen LogP contribution in [0.3, 0.4) is 0 Å². The molecular weight excluding hydrogens is 651 g/mol. The first-order chi connectivity index (χ1) is 26.2. The molecule has 0 atom stereocenters. The van der Waals surface area contributed by atoms with E-state index in [0.717, 1.165) is 66.4 Å². The van der Waals surface area contributed by atoms with Gasteiger partial charge in [0, 0.05) is 45.4 Å². The zero-order valence-corrected chi connectivity index (χ0v) is 28.2. The molecule has 3 heterocycles. The maximum atomic E-state index is 9.73. The summed E-state index contributed by atoms with van der Waals surface area (Å²) in [5.41, 5.74) is 9.94. The highest BCUT2D eigenvalue weighted by atomic mass is 15.1. The summed E-state index contributed by atoms with van der Waals surface area (Å²) in [6.07, 6.45) is 3.62. The van der Waals surface area contributed by atoms with Gasteiger partial charge in [0.25, 0.3) is 0 Å². The third-order valence-electron chi connectivity index (χ3n) is 9.37. The molecule has 7 heteroatoms. The molecule has 0 N–H and O–H groups in total. The van der Waals surface area contributed by atoms with Crippen molar-refractivity contribution in [2.45, 2.75) is 0 Å². The van der Waals surface area contributed by atoms with Crippen molar-refractivity contribution in [1.29, 1.82) is 10.5 Å². The summed E-state index contributed by atoms with van der Waals surface area (Å²) in [5, 5.41) is 21.6. The van der Waals surface area contributed by atoms with Gasteiger partial charge in [-0.3, -0.25) is 4.98 Å². The maximum absolute atomic E-state index is 9.73. The molecule has 0 saturated heterocycles. The second-order valence-electron chi connectivity index (χ2n) is 12.6. The minimum atomic E-state index is 0.436. The number of hydrogen-bond donors (Lipinski definition) is 0. The summed E-state index contributed by atoms with van der Waals surface area (Å²) in [7, 11) is 0. The van der Waals surface area contributed by atoms with Gasteiger partial charge < -0.3 is 4.57 Å². The van der Waals surface area contributed by atoms with E-state index in [1.54, 1.807) is 12.3 Å². The molecule has 0 unspecified atom stereocenters. The van der Waals surface area contributed by atoms with Crippen LogP contribution in [0.1, 0.15) is 11.1 Å². The molecule has 6 aromatic carbocycles. The molecule has 9 aromatic rings. The second-order valence-corrected chi connectivity index (χ2v) is 12.6. The number of pyridine rings is 1. The van der Waals surface area contributed by atoms with Gasteiger partial charge in [-0.1, -0.05) is 103 Å². The molecular formula is C46H27N7. The highest BCUT2D eigenvalue weighted by molar-refractivity contribution is 6.10. The molecule has 0 amide bonds. The van der Waals surface area contributed by atoms with Gasteiger partial charge in [-0.2, -0.15) is 10.5 Å². The third-order valence-corrected chi connectivity index (χ3v) is 9.37. The lowest BCUT2D eigenvalue weighted by atomic mass is 9.99. The molecule has 0 aliphatic rings. The van der Waals surface area contributed by atoms with E-state index in [1.807, 2.05) is 109 Å². The number of para-hydroxylation sites is 1. The van der Waals surface area contributed by atoms with Gasteiger partial charge in [-0.05, 0) is 65.2 Å². The van der Waals surface area contributed by atoms with Gasteiger partial charge in [0.2, 0.25) is 0 Å². The Bertz CT molecular complexity index is 2810. The molecule has 53 heavy (non-hydrogen) atoms. The SMILES string of the molecule is N#Cc1cc(C#N)cc(-c2ccc3c4ccccc4n(-c4ccc(-c5cccnc5)cc4-c4nc(-c5ccccc5)nc(-c5ccccc5)n4)c3c2)c1. The summed E-state index contributed by atoms with van der Waals surface area (Å²) in [5.74, 6) is 1.67. The topological polar surface area (TPSA) is 104 Å². The van der Waals surface area contributed by atoms with Gasteiger partial charge in [0.15, 0.2) is 17.5 Å². The number of rotatable bonds is 6. The van der Waals surface area contributed by atoms with Crippen LogP contribution in [0.5, 0.6) is 0 Å². The van der Waals surface area contributed by atoms with E-state index in [4.69, 9.17) is 15.0 Å². The average Bonchev–Trinajstić information content (AvgIpc) is 3.57. The van der Waals surface area contributed by atoms with Crippen LogP contribution in [0, 0.1) is 22.7 Å². The normalized spacial score (nSPS) is 11.0. The smallest absolute Gasteiger partial charge is 0.166 e. The van der Waals surface area contributed by atoms with Gasteiger partial charge in [-0.15, -0.1) is 0 Å². The molecule has 0 spiro atoms. The Morgan fingerprint density at radius 1 is 0.434 bits per heavy atom. The van der Waals surface area contributed by atoms with Crippen LogP contribution in [-0.4, -0.2) is 24.5 Å². The summed E-state index contributed by atoms with van der Waals surface area (Å²) in [6.45, 7) is 0. The number of nitrogens with zero attached hydrogens (tertiary/aromatic N) is 7. The van der Waals surface area contributed by atoms with E-state index in [2.05, 4.69) is 64.2 Å². The summed E-state index contributed by atoms with van der Waals surface area (Å²) >= 11 is 0. The first-order valence-electron chi connectivity index (χ1n) is 17.1. The number of aromatic nitrogens is 5. The van der Waals surface area contributed by atoms with Crippen LogP contribution >= 0.6 is 0 Å². The third kappa shape index (κ3) is 5.75. The molecule has 7 nitrogen and oxygen atoms in total. The lowest BCUT2D eigenvalue weighted by molar-refractivity contribution is 1.06. The van der Waals surface area contributed by atoms with Gasteiger partial charge in [0.1, 0.15) is 0 Å². The quantitative estimate of drug-likeness (QED) is 0.173. The highest BCUT2D eigenvalue weighted by Crippen LogP contribution is 2.39. The van der Waals surface area contributed by atoms with E-state index in [1.165, 1.54) is 0 Å². The van der Waals surface area contributed by atoms with Crippen LogP contribution in [0.15, 0.2) is 164 Å². The molecule has 0 radical (unpaired) electrons. The van der Waals surface area contributed by atoms with Gasteiger partial charge in [-0.25, -0.2) is 15.0 Å². The second kappa shape index (κ2) is 13.2. The predicted molar refractivity (Wildman–Crippen MR) is 209 cm³/mol. The fourth-order valence-corrected chi connectivity index (χ4v) is 6.89. The van der Waals surface area contributed by atoms with E-state index in [9.17, 15) is 10.5 Å². The predicted octanol–water partition coefficient (Wildman–Crippen LogP) is 10.4. The van der Waals surface area contributed by atoms with Crippen molar-refractivity contribution in [2.75, 3.05) is 0 Å². The molecule has 0 bridgehead atoms. The van der Waals surface area contributed by atoms with Crippen LogP contribution in [0.4, 0.5) is 0 Å². The van der Waals surface area contributed by atoms with E-state index in [0.29, 0.717) is 28.6 Å². The Morgan fingerprint density at radius 2 is 1.02 bits per heavy atom. The van der Waals surface area contributed by atoms with Crippen molar-refractivity contribution in [3.63, 3.8) is 0 Å². The van der Waals surface area contributed by atoms with Gasteiger partial charge >= 0.3 is 0 Å². The Labute approximate surface area is 305 Å². The average molecular weight is 678 g/mol. The molecule has 3 aromatic heterocycles. The lowest BCUT2D eigenvalue weighted by Crippen LogP contribution is -2.04. The van der Waals surface area contributed by atoms with Crippen molar-refractivity contribution < 1.29 is 0 Å². The van der Waals surface area contributed by atoms with Crippen molar-refractivity contribution in [3.8, 4) is 74.2 Å². The van der Waals surface area contributed by atoms with Crippen molar-refractivity contribution in [1.82, 2.24) is 24.5 Å². The van der Waals surface area contributed by atoms with Gasteiger partial charge in [0.05, 0.1) is 40.0 Å². The maximum Gasteiger partial charge on any atom is 0.166 e. The largest absolute Gasteiger partial charge is 0.308 e. The van der Waals surface area contributed by atoms with E-state index < -0.39 is 0 Å². The fraction of sp³-hybridized carbons (Fsp3) is 0. The Kier molecular flexibility index (Phi) is 7.78. The lowest BCUT2D eigenvalue weighted by Gasteiger charge is -2.16. The standard InChI is InChI=1S/C46H27N7/c47-27-30-22-31(28-48)24-37(23-30)35-17-19-39-38-15-7-8-16-41(38)53(43(39)26-35)42-20-18-34(36-14-9-21-49-29-36)25-40(42)46-51-44(32-10-3-1-4-11-32)50-45(52-46)33-12-5-2-6-13-33/h1-26,29H. The Morgan fingerprint density at radius 3 is 1.68 bits per heavy atom. The Hall–Kier alpha value is -7.74. The number of nitriles is 2. The highest BCUT2D eigenvalue weighted by Gasteiger charge is 2.21. The van der Waals surface area contributed by atoms with Crippen LogP contribution in [0.25, 0.3) is 83.9 Å². The summed E-state index contributed by atoms with van der Waals surface area (Å²) < 4.78 is 2.25. The number of benzene rings is 6. The Balaban J connectivity index is 1.35. The minimum absolute atomic E-state index is 0.436. The van der Waals surface area contributed by atoms with Crippen LogP contribution in [-0.2, 0) is 0 Å². The van der Waals surface area contributed by atoms with Crippen LogP contribution < -0.4 is 0 Å². The first-order valence-corrected chi connectivity index (χ1v) is 17.1.